The third kappa shape index (κ3) is 3.75. The summed E-state index contributed by atoms with van der Waals surface area (Å²) in [5.74, 6) is 0. The van der Waals surface area contributed by atoms with Crippen LogP contribution in [-0.4, -0.2) is 9.13 Å². The first-order valence-electron chi connectivity index (χ1n) is 18.1. The zero-order valence-electron chi connectivity index (χ0n) is 30.5. The van der Waals surface area contributed by atoms with E-state index >= 15 is 0 Å². The minimum absolute atomic E-state index is 0.0647. The minimum atomic E-state index is -0.411. The molecule has 44 heavy (non-hydrogen) atoms. The molecule has 0 fully saturated rings. The smallest absolute Gasteiger partial charge is 0.0645 e. The highest BCUT2D eigenvalue weighted by molar-refractivity contribution is 6.17. The largest absolute Gasteiger partial charge is 0.309 e. The summed E-state index contributed by atoms with van der Waals surface area (Å²) in [6.07, 6.45) is 0. The summed E-state index contributed by atoms with van der Waals surface area (Å²) in [6, 6.07) is 39.8. The van der Waals surface area contributed by atoms with E-state index in [4.69, 9.17) is 5.48 Å². The van der Waals surface area contributed by atoms with Crippen molar-refractivity contribution < 1.29 is 9.60 Å². The average molecular weight is 568 g/mol. The molecule has 0 atom stereocenters. The normalized spacial score (nSPS) is 13.9. The van der Waals surface area contributed by atoms with Gasteiger partial charge >= 0.3 is 0 Å². The van der Waals surface area contributed by atoms with Crippen LogP contribution in [0.2, 0.25) is 0 Å². The Morgan fingerprint density at radius 2 is 1.07 bits per heavy atom. The van der Waals surface area contributed by atoms with Crippen molar-refractivity contribution in [3.63, 3.8) is 0 Å². The van der Waals surface area contributed by atoms with Gasteiger partial charge in [0.25, 0.3) is 0 Å². The number of benzene rings is 7. The monoisotopic (exact) mass is 567 g/mol. The van der Waals surface area contributed by atoms with Crippen molar-refractivity contribution in [1.82, 2.24) is 9.13 Å². The molecule has 9 rings (SSSR count). The maximum absolute atomic E-state index is 9.68. The van der Waals surface area contributed by atoms with Gasteiger partial charge in [-0.1, -0.05) is 109 Å². The molecule has 0 saturated heterocycles. The van der Waals surface area contributed by atoms with Crippen LogP contribution in [0.3, 0.4) is 0 Å². The number of para-hydroxylation sites is 3. The van der Waals surface area contributed by atoms with Crippen molar-refractivity contribution in [2.45, 2.75) is 0 Å². The molecule has 0 N–H and O–H groups in total. The summed E-state index contributed by atoms with van der Waals surface area (Å²) in [6.45, 7) is 0. The first-order chi connectivity index (χ1) is 24.8. The first kappa shape index (κ1) is 18.6. The fourth-order valence-corrected chi connectivity index (χ4v) is 6.43. The Kier molecular flexibility index (Phi) is 4.17. The molecule has 7 aromatic carbocycles. The fraction of sp³-hybridized carbons (Fsp3) is 0. The van der Waals surface area contributed by atoms with Crippen LogP contribution in [0.5, 0.6) is 0 Å². The van der Waals surface area contributed by atoms with Gasteiger partial charge in [-0.3, -0.25) is 0 Å². The standard InChI is InChI=1S/C42H28N2/c1-4-13-29(14-5-1)34-20-12-22-41-42(34)37-28-31(24-26-40(37)44(41)33-17-8-3-9-18-33)30-23-25-39-36(27-30)35-19-10-11-21-38(35)43(39)32-15-6-2-7-16-32/h1-28H/i10D,11D,19D,21D,23D,25D,27D. The van der Waals surface area contributed by atoms with E-state index in [0.717, 1.165) is 38.6 Å². The lowest BCUT2D eigenvalue weighted by atomic mass is 9.97. The minimum Gasteiger partial charge on any atom is -0.309 e. The number of nitrogens with zero attached hydrogens (tertiary/aromatic N) is 2. The van der Waals surface area contributed by atoms with Crippen LogP contribution in [0, 0.1) is 0 Å². The van der Waals surface area contributed by atoms with E-state index in [2.05, 4.69) is 47.0 Å². The lowest BCUT2D eigenvalue weighted by Crippen LogP contribution is -1.93. The van der Waals surface area contributed by atoms with Crippen LogP contribution < -0.4 is 0 Å². The van der Waals surface area contributed by atoms with Gasteiger partial charge in [-0.2, -0.15) is 0 Å². The van der Waals surface area contributed by atoms with Crippen molar-refractivity contribution >= 4 is 43.6 Å². The maximum Gasteiger partial charge on any atom is 0.0645 e. The molecule has 206 valence electrons. The van der Waals surface area contributed by atoms with Crippen molar-refractivity contribution in [2.75, 3.05) is 0 Å². The molecule has 0 aliphatic rings. The maximum atomic E-state index is 9.68. The van der Waals surface area contributed by atoms with Gasteiger partial charge in [-0.15, -0.1) is 0 Å². The summed E-state index contributed by atoms with van der Waals surface area (Å²) in [7, 11) is 0. The topological polar surface area (TPSA) is 9.86 Å². The predicted molar refractivity (Wildman–Crippen MR) is 186 cm³/mol. The summed E-state index contributed by atoms with van der Waals surface area (Å²) in [5, 5.41) is 2.32. The molecule has 0 bridgehead atoms. The predicted octanol–water partition coefficient (Wildman–Crippen LogP) is 11.2. The van der Waals surface area contributed by atoms with Crippen molar-refractivity contribution in [2.24, 2.45) is 0 Å². The molecule has 0 saturated carbocycles. The van der Waals surface area contributed by atoms with Crippen LogP contribution in [-0.2, 0) is 0 Å². The molecule has 0 unspecified atom stereocenters. The Labute approximate surface area is 265 Å². The highest BCUT2D eigenvalue weighted by atomic mass is 15.0. The molecule has 0 spiro atoms. The Morgan fingerprint density at radius 1 is 0.409 bits per heavy atom. The molecule has 2 heteroatoms. The molecular weight excluding hydrogens is 532 g/mol. The Morgan fingerprint density at radius 3 is 1.82 bits per heavy atom. The van der Waals surface area contributed by atoms with Gasteiger partial charge in [0.15, 0.2) is 0 Å². The highest BCUT2D eigenvalue weighted by Crippen LogP contribution is 2.41. The quantitative estimate of drug-likeness (QED) is 0.200. The first-order valence-corrected chi connectivity index (χ1v) is 14.6. The lowest BCUT2D eigenvalue weighted by Gasteiger charge is -2.09. The second-order valence-corrected chi connectivity index (χ2v) is 10.8. The van der Waals surface area contributed by atoms with Crippen LogP contribution in [0.4, 0.5) is 0 Å². The SMILES string of the molecule is [2H]c1c([2H])c([2H])c2c(c1[2H])c1c([2H])c(-c3ccc4c(c3)c3c(-c5ccccc5)cccc3n4-c3ccccc3)c([2H])c([2H])c1n2-c1ccccc1. The third-order valence-corrected chi connectivity index (χ3v) is 8.35. The number of hydrogen-bond donors (Lipinski definition) is 0. The molecule has 0 amide bonds. The second kappa shape index (κ2) is 9.86. The molecule has 0 aliphatic carbocycles. The van der Waals surface area contributed by atoms with Crippen molar-refractivity contribution in [3.05, 3.63) is 170 Å². The molecule has 0 aliphatic heterocycles. The van der Waals surface area contributed by atoms with Gasteiger partial charge in [-0.25, -0.2) is 0 Å². The van der Waals surface area contributed by atoms with Gasteiger partial charge in [0.1, 0.15) is 0 Å². The summed E-state index contributed by atoms with van der Waals surface area (Å²) < 4.78 is 67.1. The molecule has 2 heterocycles. The van der Waals surface area contributed by atoms with E-state index in [1.165, 1.54) is 0 Å². The van der Waals surface area contributed by atoms with E-state index in [1.807, 2.05) is 72.8 Å². The summed E-state index contributed by atoms with van der Waals surface area (Å²) in [4.78, 5) is 0. The second-order valence-electron chi connectivity index (χ2n) is 10.8. The van der Waals surface area contributed by atoms with Gasteiger partial charge in [-0.05, 0) is 82.8 Å². The molecular formula is C42H28N2. The Hall–Kier alpha value is -5.86. The Bertz CT molecular complexity index is 2860. The zero-order chi connectivity index (χ0) is 35.1. The van der Waals surface area contributed by atoms with Gasteiger partial charge in [0.2, 0.25) is 0 Å². The van der Waals surface area contributed by atoms with Crippen molar-refractivity contribution in [3.8, 4) is 33.6 Å². The molecule has 9 aromatic rings. The zero-order valence-corrected chi connectivity index (χ0v) is 23.5. The van der Waals surface area contributed by atoms with Crippen LogP contribution in [0.15, 0.2) is 170 Å². The number of aromatic nitrogens is 2. The van der Waals surface area contributed by atoms with Crippen molar-refractivity contribution in [1.29, 1.82) is 0 Å². The van der Waals surface area contributed by atoms with Gasteiger partial charge < -0.3 is 9.13 Å². The molecule has 2 aromatic heterocycles. The van der Waals surface area contributed by atoms with Gasteiger partial charge in [0.05, 0.1) is 31.7 Å². The summed E-state index contributed by atoms with van der Waals surface area (Å²) >= 11 is 0. The van der Waals surface area contributed by atoms with Gasteiger partial charge in [0, 0.05) is 32.9 Å². The van der Waals surface area contributed by atoms with E-state index in [0.29, 0.717) is 11.3 Å². The number of rotatable bonds is 4. The van der Waals surface area contributed by atoms with E-state index in [1.54, 1.807) is 16.7 Å². The van der Waals surface area contributed by atoms with Crippen LogP contribution in [0.1, 0.15) is 9.60 Å². The number of hydrogen-bond acceptors (Lipinski definition) is 0. The molecule has 2 nitrogen and oxygen atoms in total. The third-order valence-electron chi connectivity index (χ3n) is 8.35. The van der Waals surface area contributed by atoms with E-state index in [-0.39, 0.29) is 57.6 Å². The average Bonchev–Trinajstić information content (AvgIpc) is 3.71. The van der Waals surface area contributed by atoms with E-state index < -0.39 is 12.1 Å². The Balaban J connectivity index is 1.42. The molecule has 0 radical (unpaired) electrons. The highest BCUT2D eigenvalue weighted by Gasteiger charge is 2.18. The lowest BCUT2D eigenvalue weighted by molar-refractivity contribution is 1.18. The van der Waals surface area contributed by atoms with Crippen LogP contribution >= 0.6 is 0 Å². The van der Waals surface area contributed by atoms with Crippen LogP contribution in [0.25, 0.3) is 77.2 Å². The fourth-order valence-electron chi connectivity index (χ4n) is 6.43. The summed E-state index contributed by atoms with van der Waals surface area (Å²) in [5.41, 5.74) is 6.80. The number of fused-ring (bicyclic) bond motifs is 6. The van der Waals surface area contributed by atoms with E-state index in [9.17, 15) is 4.11 Å².